The highest BCUT2D eigenvalue weighted by Gasteiger charge is 2.22. The van der Waals surface area contributed by atoms with E-state index in [1.54, 1.807) is 0 Å². The molecule has 20 heavy (non-hydrogen) atoms. The van der Waals surface area contributed by atoms with Gasteiger partial charge < -0.3 is 10.1 Å². The summed E-state index contributed by atoms with van der Waals surface area (Å²) in [5, 5.41) is 3.73. The Morgan fingerprint density at radius 3 is 2.05 bits per heavy atom. The minimum absolute atomic E-state index is 0.288. The molecular formula is C18H31NO. The molecule has 1 rings (SSSR count). The van der Waals surface area contributed by atoms with Crippen LogP contribution in [0.4, 0.5) is 0 Å². The summed E-state index contributed by atoms with van der Waals surface area (Å²) in [6.07, 6.45) is 5.83. The van der Waals surface area contributed by atoms with E-state index in [0.717, 1.165) is 25.3 Å². The maximum absolute atomic E-state index is 5.69. The molecule has 0 saturated heterocycles. The molecule has 0 aliphatic heterocycles. The lowest BCUT2D eigenvalue weighted by molar-refractivity contribution is 0.288. The zero-order valence-corrected chi connectivity index (χ0v) is 13.7. The lowest BCUT2D eigenvalue weighted by Crippen LogP contribution is -2.43. The van der Waals surface area contributed by atoms with Gasteiger partial charge in [0.25, 0.3) is 0 Å². The number of ether oxygens (including phenoxy) is 1. The molecule has 1 N–H and O–H groups in total. The van der Waals surface area contributed by atoms with Gasteiger partial charge in [0.05, 0.1) is 6.61 Å². The average Bonchev–Trinajstić information content (AvgIpc) is 2.51. The lowest BCUT2D eigenvalue weighted by atomic mass is 9.89. The van der Waals surface area contributed by atoms with Crippen molar-refractivity contribution < 1.29 is 4.74 Å². The van der Waals surface area contributed by atoms with Gasteiger partial charge in [0.15, 0.2) is 0 Å². The summed E-state index contributed by atoms with van der Waals surface area (Å²) in [5.74, 6) is 0.981. The first-order valence-corrected chi connectivity index (χ1v) is 8.16. The monoisotopic (exact) mass is 277 g/mol. The Morgan fingerprint density at radius 1 is 0.950 bits per heavy atom. The zero-order chi connectivity index (χ0) is 14.8. The van der Waals surface area contributed by atoms with Crippen LogP contribution in [0, 0.1) is 0 Å². The SMILES string of the molecule is CCCCOc1ccc(CNC(CC)(CC)CC)cc1. The zero-order valence-electron chi connectivity index (χ0n) is 13.7. The molecule has 0 atom stereocenters. The van der Waals surface area contributed by atoms with Crippen LogP contribution in [-0.2, 0) is 6.54 Å². The molecular weight excluding hydrogens is 246 g/mol. The summed E-state index contributed by atoms with van der Waals surface area (Å²) in [5.41, 5.74) is 1.61. The number of benzene rings is 1. The van der Waals surface area contributed by atoms with E-state index in [9.17, 15) is 0 Å². The van der Waals surface area contributed by atoms with Gasteiger partial charge in [-0.15, -0.1) is 0 Å². The van der Waals surface area contributed by atoms with E-state index < -0.39 is 0 Å². The van der Waals surface area contributed by atoms with Crippen molar-refractivity contribution in [3.8, 4) is 5.75 Å². The Labute approximate surface area is 124 Å². The van der Waals surface area contributed by atoms with Crippen molar-refractivity contribution in [2.24, 2.45) is 0 Å². The van der Waals surface area contributed by atoms with Crippen LogP contribution >= 0.6 is 0 Å². The van der Waals surface area contributed by atoms with E-state index in [0.29, 0.717) is 0 Å². The summed E-state index contributed by atoms with van der Waals surface area (Å²) in [7, 11) is 0. The van der Waals surface area contributed by atoms with Gasteiger partial charge in [0.1, 0.15) is 5.75 Å². The fourth-order valence-electron chi connectivity index (χ4n) is 2.45. The Bertz CT molecular complexity index is 346. The molecule has 0 aliphatic carbocycles. The Hall–Kier alpha value is -1.02. The number of rotatable bonds is 10. The second kappa shape index (κ2) is 9.02. The molecule has 0 unspecified atom stereocenters. The van der Waals surface area contributed by atoms with E-state index in [2.05, 4.69) is 57.3 Å². The molecule has 0 saturated carbocycles. The van der Waals surface area contributed by atoms with Crippen LogP contribution in [0.15, 0.2) is 24.3 Å². The average molecular weight is 277 g/mol. The van der Waals surface area contributed by atoms with Crippen molar-refractivity contribution in [3.05, 3.63) is 29.8 Å². The van der Waals surface area contributed by atoms with Crippen molar-refractivity contribution >= 4 is 0 Å². The van der Waals surface area contributed by atoms with Crippen LogP contribution < -0.4 is 10.1 Å². The highest BCUT2D eigenvalue weighted by Crippen LogP contribution is 2.20. The van der Waals surface area contributed by atoms with Crippen LogP contribution in [0.25, 0.3) is 0 Å². The van der Waals surface area contributed by atoms with E-state index in [4.69, 9.17) is 4.74 Å². The summed E-state index contributed by atoms with van der Waals surface area (Å²) in [6, 6.07) is 8.50. The first-order chi connectivity index (χ1) is 9.69. The summed E-state index contributed by atoms with van der Waals surface area (Å²) < 4.78 is 5.69. The molecule has 0 aliphatic rings. The van der Waals surface area contributed by atoms with Gasteiger partial charge in [-0.25, -0.2) is 0 Å². The van der Waals surface area contributed by atoms with Crippen molar-refractivity contribution in [2.45, 2.75) is 71.9 Å². The number of hydrogen-bond donors (Lipinski definition) is 1. The normalized spacial score (nSPS) is 11.6. The largest absolute Gasteiger partial charge is 0.494 e. The number of unbranched alkanes of at least 4 members (excludes halogenated alkanes) is 1. The number of hydrogen-bond acceptors (Lipinski definition) is 2. The van der Waals surface area contributed by atoms with Gasteiger partial charge in [0.2, 0.25) is 0 Å². The molecule has 0 radical (unpaired) electrons. The van der Waals surface area contributed by atoms with Gasteiger partial charge in [-0.05, 0) is 43.4 Å². The van der Waals surface area contributed by atoms with Crippen LogP contribution in [0.5, 0.6) is 5.75 Å². The third-order valence-electron chi connectivity index (χ3n) is 4.39. The molecule has 2 heteroatoms. The fourth-order valence-corrected chi connectivity index (χ4v) is 2.45. The third kappa shape index (κ3) is 5.16. The standard InChI is InChI=1S/C18H31NO/c1-5-9-14-20-17-12-10-16(11-13-17)15-19-18(6-2,7-3)8-4/h10-13,19H,5-9,14-15H2,1-4H3. The van der Waals surface area contributed by atoms with Gasteiger partial charge in [-0.3, -0.25) is 0 Å². The van der Waals surface area contributed by atoms with Crippen LogP contribution in [0.2, 0.25) is 0 Å². The Balaban J connectivity index is 2.48. The first-order valence-electron chi connectivity index (χ1n) is 8.16. The van der Waals surface area contributed by atoms with Crippen molar-refractivity contribution in [2.75, 3.05) is 6.61 Å². The van der Waals surface area contributed by atoms with Gasteiger partial charge >= 0.3 is 0 Å². The molecule has 0 heterocycles. The Kier molecular flexibility index (Phi) is 7.68. The molecule has 1 aromatic carbocycles. The number of nitrogens with one attached hydrogen (secondary N) is 1. The van der Waals surface area contributed by atoms with E-state index in [-0.39, 0.29) is 5.54 Å². The summed E-state index contributed by atoms with van der Waals surface area (Å²) in [6.45, 7) is 10.7. The van der Waals surface area contributed by atoms with E-state index >= 15 is 0 Å². The highest BCUT2D eigenvalue weighted by atomic mass is 16.5. The quantitative estimate of drug-likeness (QED) is 0.613. The molecule has 0 fully saturated rings. The molecule has 114 valence electrons. The maximum atomic E-state index is 5.69. The third-order valence-corrected chi connectivity index (χ3v) is 4.39. The maximum Gasteiger partial charge on any atom is 0.119 e. The van der Waals surface area contributed by atoms with Crippen molar-refractivity contribution in [1.29, 1.82) is 0 Å². The summed E-state index contributed by atoms with van der Waals surface area (Å²) >= 11 is 0. The van der Waals surface area contributed by atoms with Gasteiger partial charge in [-0.1, -0.05) is 46.2 Å². The molecule has 1 aromatic rings. The van der Waals surface area contributed by atoms with Gasteiger partial charge in [0, 0.05) is 12.1 Å². The summed E-state index contributed by atoms with van der Waals surface area (Å²) in [4.78, 5) is 0. The molecule has 0 aromatic heterocycles. The topological polar surface area (TPSA) is 21.3 Å². The lowest BCUT2D eigenvalue weighted by Gasteiger charge is -2.32. The van der Waals surface area contributed by atoms with E-state index in [1.807, 2.05) is 0 Å². The predicted octanol–water partition coefficient (Wildman–Crippen LogP) is 4.92. The minimum Gasteiger partial charge on any atom is -0.494 e. The molecule has 2 nitrogen and oxygen atoms in total. The van der Waals surface area contributed by atoms with Crippen molar-refractivity contribution in [1.82, 2.24) is 5.32 Å². The minimum atomic E-state index is 0.288. The van der Waals surface area contributed by atoms with E-state index in [1.165, 1.54) is 31.2 Å². The fraction of sp³-hybridized carbons (Fsp3) is 0.667. The molecule has 0 spiro atoms. The molecule has 0 bridgehead atoms. The van der Waals surface area contributed by atoms with Crippen LogP contribution in [0.3, 0.4) is 0 Å². The molecule has 0 amide bonds. The highest BCUT2D eigenvalue weighted by molar-refractivity contribution is 5.27. The smallest absolute Gasteiger partial charge is 0.119 e. The predicted molar refractivity (Wildman–Crippen MR) is 87.3 cm³/mol. The Morgan fingerprint density at radius 2 is 1.55 bits per heavy atom. The van der Waals surface area contributed by atoms with Gasteiger partial charge in [-0.2, -0.15) is 0 Å². The van der Waals surface area contributed by atoms with Crippen LogP contribution in [0.1, 0.15) is 65.4 Å². The van der Waals surface area contributed by atoms with Crippen molar-refractivity contribution in [3.63, 3.8) is 0 Å². The first kappa shape index (κ1) is 17.0. The van der Waals surface area contributed by atoms with Crippen LogP contribution in [-0.4, -0.2) is 12.1 Å². The second-order valence-electron chi connectivity index (χ2n) is 5.54. The second-order valence-corrected chi connectivity index (χ2v) is 5.54.